The average molecular weight is 380 g/mol. The summed E-state index contributed by atoms with van der Waals surface area (Å²) in [7, 11) is 0. The van der Waals surface area contributed by atoms with Gasteiger partial charge >= 0.3 is 0 Å². The maximum atomic E-state index is 12.4. The number of hydrogen-bond donors (Lipinski definition) is 2. The fraction of sp³-hybridized carbons (Fsp3) is 0.0417. The number of anilines is 3. The Morgan fingerprint density at radius 3 is 2.31 bits per heavy atom. The number of carbonyl (C=O) groups is 1. The highest BCUT2D eigenvalue weighted by molar-refractivity contribution is 6.04. The van der Waals surface area contributed by atoms with E-state index in [-0.39, 0.29) is 5.91 Å². The van der Waals surface area contributed by atoms with Crippen LogP contribution in [0.2, 0.25) is 0 Å². The molecule has 142 valence electrons. The lowest BCUT2D eigenvalue weighted by Gasteiger charge is -2.09. The number of carbonyl (C=O) groups excluding carboxylic acids is 1. The molecule has 0 atom stereocenters. The summed E-state index contributed by atoms with van der Waals surface area (Å²) in [6.07, 6.45) is 1.54. The first-order valence-corrected chi connectivity index (χ1v) is 9.30. The van der Waals surface area contributed by atoms with Crippen molar-refractivity contribution in [2.75, 3.05) is 10.6 Å². The molecule has 1 heterocycles. The molecule has 0 radical (unpaired) electrons. The summed E-state index contributed by atoms with van der Waals surface area (Å²) in [5, 5.41) is 6.18. The molecule has 0 fully saturated rings. The Morgan fingerprint density at radius 2 is 1.55 bits per heavy atom. The molecule has 3 aromatic carbocycles. The number of hydrogen-bond acceptors (Lipinski definition) is 4. The zero-order valence-corrected chi connectivity index (χ0v) is 16.0. The van der Waals surface area contributed by atoms with Gasteiger partial charge in [-0.15, -0.1) is 0 Å². The van der Waals surface area contributed by atoms with Gasteiger partial charge in [0.2, 0.25) is 0 Å². The number of nitrogens with one attached hydrogen (secondary N) is 2. The third-order valence-corrected chi connectivity index (χ3v) is 4.43. The molecule has 1 aromatic heterocycles. The van der Waals surface area contributed by atoms with Gasteiger partial charge in [-0.25, -0.2) is 9.97 Å². The second kappa shape index (κ2) is 8.35. The standard InChI is InChI=1S/C24H20N4O/c1-17-6-5-9-19(14-17)24(29)28-21-12-10-20(11-13-21)27-23-15-22(25-16-26-23)18-7-3-2-4-8-18/h2-16H,1H3,(H,28,29)(H,25,26,27). The first kappa shape index (κ1) is 18.4. The van der Waals surface area contributed by atoms with Crippen molar-refractivity contribution in [3.63, 3.8) is 0 Å². The highest BCUT2D eigenvalue weighted by Gasteiger charge is 2.06. The predicted molar refractivity (Wildman–Crippen MR) is 116 cm³/mol. The zero-order valence-electron chi connectivity index (χ0n) is 16.0. The van der Waals surface area contributed by atoms with Crippen LogP contribution in [0.25, 0.3) is 11.3 Å². The summed E-state index contributed by atoms with van der Waals surface area (Å²) in [6.45, 7) is 1.97. The number of rotatable bonds is 5. The lowest BCUT2D eigenvalue weighted by Crippen LogP contribution is -2.11. The minimum Gasteiger partial charge on any atom is -0.340 e. The minimum atomic E-state index is -0.127. The third-order valence-electron chi connectivity index (χ3n) is 4.43. The Bertz CT molecular complexity index is 1120. The van der Waals surface area contributed by atoms with E-state index in [0.717, 1.165) is 28.2 Å². The van der Waals surface area contributed by atoms with E-state index in [4.69, 9.17) is 0 Å². The molecule has 0 spiro atoms. The summed E-state index contributed by atoms with van der Waals surface area (Å²) >= 11 is 0. The van der Waals surface area contributed by atoms with E-state index in [1.54, 1.807) is 12.4 Å². The van der Waals surface area contributed by atoms with Crippen molar-refractivity contribution in [2.45, 2.75) is 6.92 Å². The van der Waals surface area contributed by atoms with Crippen molar-refractivity contribution < 1.29 is 4.79 Å². The maximum absolute atomic E-state index is 12.4. The van der Waals surface area contributed by atoms with Gasteiger partial charge in [-0.3, -0.25) is 4.79 Å². The summed E-state index contributed by atoms with van der Waals surface area (Å²) in [4.78, 5) is 21.0. The first-order valence-electron chi connectivity index (χ1n) is 9.30. The molecule has 4 aromatic rings. The van der Waals surface area contributed by atoms with Crippen molar-refractivity contribution in [3.05, 3.63) is 102 Å². The topological polar surface area (TPSA) is 66.9 Å². The normalized spacial score (nSPS) is 10.4. The molecule has 0 unspecified atom stereocenters. The predicted octanol–water partition coefficient (Wildman–Crippen LogP) is 5.45. The van der Waals surface area contributed by atoms with Crippen molar-refractivity contribution >= 4 is 23.1 Å². The van der Waals surface area contributed by atoms with Gasteiger partial charge in [0.15, 0.2) is 0 Å². The quantitative estimate of drug-likeness (QED) is 0.483. The molecule has 0 bridgehead atoms. The molecule has 5 heteroatoms. The Balaban J connectivity index is 1.44. The van der Waals surface area contributed by atoms with Gasteiger partial charge in [-0.2, -0.15) is 0 Å². The molecule has 0 aliphatic heterocycles. The van der Waals surface area contributed by atoms with Crippen LogP contribution in [0.4, 0.5) is 17.2 Å². The second-order valence-electron chi connectivity index (χ2n) is 6.68. The van der Waals surface area contributed by atoms with Crippen LogP contribution >= 0.6 is 0 Å². The van der Waals surface area contributed by atoms with Crippen LogP contribution in [0.1, 0.15) is 15.9 Å². The Hall–Kier alpha value is -3.99. The second-order valence-corrected chi connectivity index (χ2v) is 6.68. The minimum absolute atomic E-state index is 0.127. The van der Waals surface area contributed by atoms with Gasteiger partial charge in [0.25, 0.3) is 5.91 Å². The summed E-state index contributed by atoms with van der Waals surface area (Å²) in [5.41, 5.74) is 5.18. The Kier molecular flexibility index (Phi) is 5.29. The first-order chi connectivity index (χ1) is 14.2. The molecular formula is C24H20N4O. The van der Waals surface area contributed by atoms with Gasteiger partial charge in [0, 0.05) is 28.6 Å². The molecule has 5 nitrogen and oxygen atoms in total. The molecule has 0 aliphatic carbocycles. The number of aromatic nitrogens is 2. The van der Waals surface area contributed by atoms with Gasteiger partial charge in [0.05, 0.1) is 5.69 Å². The molecule has 1 amide bonds. The van der Waals surface area contributed by atoms with Gasteiger partial charge in [-0.05, 0) is 43.3 Å². The summed E-state index contributed by atoms with van der Waals surface area (Å²) in [6, 6.07) is 26.9. The van der Waals surface area contributed by atoms with Crippen LogP contribution in [0.5, 0.6) is 0 Å². The van der Waals surface area contributed by atoms with E-state index >= 15 is 0 Å². The summed E-state index contributed by atoms with van der Waals surface area (Å²) < 4.78 is 0. The van der Waals surface area contributed by atoms with Gasteiger partial charge in [-0.1, -0.05) is 48.0 Å². The highest BCUT2D eigenvalue weighted by atomic mass is 16.1. The highest BCUT2D eigenvalue weighted by Crippen LogP contribution is 2.22. The van der Waals surface area contributed by atoms with E-state index in [1.807, 2.05) is 85.8 Å². The molecule has 2 N–H and O–H groups in total. The van der Waals surface area contributed by atoms with Crippen molar-refractivity contribution in [3.8, 4) is 11.3 Å². The van der Waals surface area contributed by atoms with Crippen LogP contribution in [0.3, 0.4) is 0 Å². The maximum Gasteiger partial charge on any atom is 0.255 e. The fourth-order valence-electron chi connectivity index (χ4n) is 2.97. The zero-order chi connectivity index (χ0) is 20.1. The molecule has 4 rings (SSSR count). The van der Waals surface area contributed by atoms with Crippen molar-refractivity contribution in [1.82, 2.24) is 9.97 Å². The molecule has 0 aliphatic rings. The van der Waals surface area contributed by atoms with Gasteiger partial charge < -0.3 is 10.6 Å². The molecular weight excluding hydrogens is 360 g/mol. The molecule has 29 heavy (non-hydrogen) atoms. The van der Waals surface area contributed by atoms with E-state index in [1.165, 1.54) is 0 Å². The smallest absolute Gasteiger partial charge is 0.255 e. The monoisotopic (exact) mass is 380 g/mol. The van der Waals surface area contributed by atoms with Crippen LogP contribution in [0, 0.1) is 6.92 Å². The fourth-order valence-corrected chi connectivity index (χ4v) is 2.97. The lowest BCUT2D eigenvalue weighted by atomic mass is 10.1. The SMILES string of the molecule is Cc1cccc(C(=O)Nc2ccc(Nc3cc(-c4ccccc4)ncn3)cc2)c1. The number of amides is 1. The van der Waals surface area contributed by atoms with Crippen LogP contribution in [0.15, 0.2) is 91.3 Å². The van der Waals surface area contributed by atoms with Gasteiger partial charge in [0.1, 0.15) is 12.1 Å². The average Bonchev–Trinajstić information content (AvgIpc) is 2.76. The number of aryl methyl sites for hydroxylation is 1. The van der Waals surface area contributed by atoms with Crippen molar-refractivity contribution in [1.29, 1.82) is 0 Å². The molecule has 0 saturated heterocycles. The van der Waals surface area contributed by atoms with Crippen LogP contribution in [-0.4, -0.2) is 15.9 Å². The largest absolute Gasteiger partial charge is 0.340 e. The van der Waals surface area contributed by atoms with Crippen LogP contribution < -0.4 is 10.6 Å². The van der Waals surface area contributed by atoms with E-state index in [0.29, 0.717) is 11.4 Å². The lowest BCUT2D eigenvalue weighted by molar-refractivity contribution is 0.102. The third kappa shape index (κ3) is 4.65. The summed E-state index contributed by atoms with van der Waals surface area (Å²) in [5.74, 6) is 0.577. The number of nitrogens with zero attached hydrogens (tertiary/aromatic N) is 2. The Morgan fingerprint density at radius 1 is 0.793 bits per heavy atom. The van der Waals surface area contributed by atoms with Crippen LogP contribution in [-0.2, 0) is 0 Å². The van der Waals surface area contributed by atoms with E-state index in [9.17, 15) is 4.79 Å². The van der Waals surface area contributed by atoms with E-state index in [2.05, 4.69) is 20.6 Å². The Labute approximate surface area is 169 Å². The number of benzene rings is 3. The molecule has 0 saturated carbocycles. The van der Waals surface area contributed by atoms with E-state index < -0.39 is 0 Å². The van der Waals surface area contributed by atoms with Crippen molar-refractivity contribution in [2.24, 2.45) is 0 Å².